The molecule has 0 aliphatic heterocycles. The quantitative estimate of drug-likeness (QED) is 0.493. The van der Waals surface area contributed by atoms with Crippen molar-refractivity contribution in [1.29, 1.82) is 0 Å². The van der Waals surface area contributed by atoms with Crippen LogP contribution in [0.1, 0.15) is 13.3 Å². The fourth-order valence-electron chi connectivity index (χ4n) is 1.71. The molecule has 0 heterocycles. The first kappa shape index (κ1) is 20.2. The van der Waals surface area contributed by atoms with Crippen molar-refractivity contribution in [2.75, 3.05) is 20.3 Å². The largest absolute Gasteiger partial charge is 0.497 e. The van der Waals surface area contributed by atoms with Crippen LogP contribution >= 0.6 is 0 Å². The van der Waals surface area contributed by atoms with Crippen LogP contribution in [0.3, 0.4) is 0 Å². The molecule has 0 fully saturated rings. The van der Waals surface area contributed by atoms with Crippen molar-refractivity contribution < 1.29 is 32.4 Å². The van der Waals surface area contributed by atoms with Gasteiger partial charge in [-0.2, -0.15) is 0 Å². The molecule has 1 aromatic rings. The minimum Gasteiger partial charge on any atom is -0.497 e. The second-order valence-electron chi connectivity index (χ2n) is 4.52. The van der Waals surface area contributed by atoms with Gasteiger partial charge in [0.05, 0.1) is 24.7 Å². The zero-order chi connectivity index (χ0) is 19.0. The average molecular weight is 375 g/mol. The maximum Gasteiger partial charge on any atom is 0.407 e. The van der Waals surface area contributed by atoms with Crippen LogP contribution in [0.2, 0.25) is 0 Å². The van der Waals surface area contributed by atoms with Gasteiger partial charge in [-0.05, 0) is 19.1 Å². The van der Waals surface area contributed by atoms with E-state index >= 15 is 0 Å². The first-order valence-corrected chi connectivity index (χ1v) is 8.48. The molecule has 0 bridgehead atoms. The van der Waals surface area contributed by atoms with E-state index in [0.29, 0.717) is 0 Å². The van der Waals surface area contributed by atoms with Crippen LogP contribution in [-0.4, -0.2) is 45.6 Å². The predicted octanol–water partition coefficient (Wildman–Crippen LogP) is 0.544. The van der Waals surface area contributed by atoms with Gasteiger partial charge >= 0.3 is 6.09 Å². The van der Waals surface area contributed by atoms with Crippen molar-refractivity contribution in [2.45, 2.75) is 18.2 Å². The van der Waals surface area contributed by atoms with E-state index in [1.165, 1.54) is 13.2 Å². The molecule has 0 aliphatic rings. The van der Waals surface area contributed by atoms with E-state index in [-0.39, 0.29) is 25.3 Å². The SMILES string of the molecule is CCOC(=O)NCCC(=O)NS(=O)(=O)c1ccc(OC)cc1[N+](=O)[O-]. The summed E-state index contributed by atoms with van der Waals surface area (Å²) in [5, 5.41) is 13.3. The van der Waals surface area contributed by atoms with E-state index < -0.39 is 37.5 Å². The number of hydrogen-bond acceptors (Lipinski definition) is 8. The molecule has 11 nitrogen and oxygen atoms in total. The molecular weight excluding hydrogens is 358 g/mol. The van der Waals surface area contributed by atoms with E-state index in [0.717, 1.165) is 12.1 Å². The van der Waals surface area contributed by atoms with Gasteiger partial charge in [0.15, 0.2) is 4.90 Å². The van der Waals surface area contributed by atoms with E-state index in [2.05, 4.69) is 10.1 Å². The van der Waals surface area contributed by atoms with Crippen molar-refractivity contribution >= 4 is 27.7 Å². The highest BCUT2D eigenvalue weighted by Crippen LogP contribution is 2.28. The van der Waals surface area contributed by atoms with Crippen LogP contribution in [-0.2, 0) is 19.6 Å². The number of methoxy groups -OCH3 is 1. The molecule has 138 valence electrons. The molecule has 12 heteroatoms. The molecule has 2 amide bonds. The fraction of sp³-hybridized carbons (Fsp3) is 0.385. The third-order valence-corrected chi connectivity index (χ3v) is 4.22. The highest BCUT2D eigenvalue weighted by Gasteiger charge is 2.28. The van der Waals surface area contributed by atoms with Gasteiger partial charge < -0.3 is 14.8 Å². The number of ether oxygens (including phenoxy) is 2. The number of benzene rings is 1. The molecule has 0 unspecified atom stereocenters. The molecular formula is C13H17N3O8S. The lowest BCUT2D eigenvalue weighted by Gasteiger charge is -2.09. The lowest BCUT2D eigenvalue weighted by Crippen LogP contribution is -2.34. The van der Waals surface area contributed by atoms with Crippen LogP contribution in [0.15, 0.2) is 23.1 Å². The topological polar surface area (TPSA) is 154 Å². The molecule has 0 saturated carbocycles. The molecule has 0 atom stereocenters. The van der Waals surface area contributed by atoms with Gasteiger partial charge in [-0.25, -0.2) is 17.9 Å². The molecule has 0 saturated heterocycles. The van der Waals surface area contributed by atoms with Gasteiger partial charge in [-0.15, -0.1) is 0 Å². The number of nitro benzene ring substituents is 1. The highest BCUT2D eigenvalue weighted by molar-refractivity contribution is 7.90. The summed E-state index contributed by atoms with van der Waals surface area (Å²) in [6.07, 6.45) is -1.11. The smallest absolute Gasteiger partial charge is 0.407 e. The second-order valence-corrected chi connectivity index (χ2v) is 6.17. The normalized spacial score (nSPS) is 10.6. The number of amides is 2. The maximum absolute atomic E-state index is 12.2. The first-order valence-electron chi connectivity index (χ1n) is 7.00. The highest BCUT2D eigenvalue weighted by atomic mass is 32.2. The summed E-state index contributed by atoms with van der Waals surface area (Å²) in [7, 11) is -3.19. The van der Waals surface area contributed by atoms with Gasteiger partial charge in [0.2, 0.25) is 5.91 Å². The minimum atomic E-state index is -4.46. The Bertz CT molecular complexity index is 763. The number of carbonyl (C=O) groups is 2. The summed E-state index contributed by atoms with van der Waals surface area (Å²) < 4.78 is 35.4. The average Bonchev–Trinajstić information content (AvgIpc) is 2.53. The molecule has 2 N–H and O–H groups in total. The predicted molar refractivity (Wildman–Crippen MR) is 84.6 cm³/mol. The van der Waals surface area contributed by atoms with Crippen molar-refractivity contribution in [1.82, 2.24) is 10.0 Å². The molecule has 0 aliphatic carbocycles. The van der Waals surface area contributed by atoms with Crippen LogP contribution in [0.5, 0.6) is 5.75 Å². The third-order valence-electron chi connectivity index (χ3n) is 2.80. The van der Waals surface area contributed by atoms with Gasteiger partial charge in [0.25, 0.3) is 15.7 Å². The summed E-state index contributed by atoms with van der Waals surface area (Å²) in [6, 6.07) is 3.11. The van der Waals surface area contributed by atoms with Crippen LogP contribution in [0, 0.1) is 10.1 Å². The van der Waals surface area contributed by atoms with Crippen molar-refractivity contribution in [3.8, 4) is 5.75 Å². The summed E-state index contributed by atoms with van der Waals surface area (Å²) in [5.74, 6) is -0.850. The van der Waals surface area contributed by atoms with Crippen LogP contribution in [0.4, 0.5) is 10.5 Å². The second kappa shape index (κ2) is 8.82. The maximum atomic E-state index is 12.2. The van der Waals surface area contributed by atoms with Gasteiger partial charge in [-0.1, -0.05) is 0 Å². The molecule has 1 aromatic carbocycles. The molecule has 25 heavy (non-hydrogen) atoms. The summed E-state index contributed by atoms with van der Waals surface area (Å²) in [6.45, 7) is 1.58. The van der Waals surface area contributed by atoms with Gasteiger partial charge in [0.1, 0.15) is 5.75 Å². The Labute approximate surface area is 143 Å². The van der Waals surface area contributed by atoms with E-state index in [9.17, 15) is 28.1 Å². The molecule has 0 spiro atoms. The number of alkyl carbamates (subject to hydrolysis) is 1. The third kappa shape index (κ3) is 5.91. The number of sulfonamides is 1. The zero-order valence-electron chi connectivity index (χ0n) is 13.5. The van der Waals surface area contributed by atoms with E-state index in [1.807, 2.05) is 0 Å². The fourth-order valence-corrected chi connectivity index (χ4v) is 2.88. The Morgan fingerprint density at radius 1 is 1.32 bits per heavy atom. The molecule has 0 aromatic heterocycles. The Morgan fingerprint density at radius 2 is 2.00 bits per heavy atom. The Morgan fingerprint density at radius 3 is 2.56 bits per heavy atom. The van der Waals surface area contributed by atoms with Crippen LogP contribution in [0.25, 0.3) is 0 Å². The number of nitrogens with zero attached hydrogens (tertiary/aromatic N) is 1. The number of hydrogen-bond donors (Lipinski definition) is 2. The Kier molecular flexibility index (Phi) is 7.11. The Hall–Kier alpha value is -2.89. The number of rotatable bonds is 8. The Balaban J connectivity index is 2.83. The van der Waals surface area contributed by atoms with Crippen molar-refractivity contribution in [3.63, 3.8) is 0 Å². The lowest BCUT2D eigenvalue weighted by atomic mass is 10.3. The van der Waals surface area contributed by atoms with E-state index in [1.54, 1.807) is 11.6 Å². The minimum absolute atomic E-state index is 0.0932. The standard InChI is InChI=1S/C13H17N3O8S/c1-3-24-13(18)14-7-6-12(17)15-25(21,22)11-5-4-9(23-2)8-10(11)16(19)20/h4-5,8H,3,6-7H2,1-2H3,(H,14,18)(H,15,17). The van der Waals surface area contributed by atoms with E-state index in [4.69, 9.17) is 4.74 Å². The zero-order valence-corrected chi connectivity index (χ0v) is 14.3. The molecule has 0 radical (unpaired) electrons. The summed E-state index contributed by atoms with van der Waals surface area (Å²) in [5.41, 5.74) is -0.732. The first-order chi connectivity index (χ1) is 11.7. The van der Waals surface area contributed by atoms with Gasteiger partial charge in [-0.3, -0.25) is 14.9 Å². The summed E-state index contributed by atoms with van der Waals surface area (Å²) in [4.78, 5) is 32.2. The number of nitro groups is 1. The van der Waals surface area contributed by atoms with Gasteiger partial charge in [0, 0.05) is 13.0 Å². The monoisotopic (exact) mass is 375 g/mol. The van der Waals surface area contributed by atoms with Crippen LogP contribution < -0.4 is 14.8 Å². The lowest BCUT2D eigenvalue weighted by molar-refractivity contribution is -0.387. The summed E-state index contributed by atoms with van der Waals surface area (Å²) >= 11 is 0. The van der Waals surface area contributed by atoms with Crippen molar-refractivity contribution in [3.05, 3.63) is 28.3 Å². The number of carbonyl (C=O) groups excluding carboxylic acids is 2. The number of nitrogens with one attached hydrogen (secondary N) is 2. The molecule has 1 rings (SSSR count). The van der Waals surface area contributed by atoms with Crippen molar-refractivity contribution in [2.24, 2.45) is 0 Å².